The Balaban J connectivity index is 1.26. The van der Waals surface area contributed by atoms with Crippen LogP contribution in [0.15, 0.2) is 30.3 Å². The van der Waals surface area contributed by atoms with E-state index in [1.807, 2.05) is 30.0 Å². The van der Waals surface area contributed by atoms with Gasteiger partial charge in [0.2, 0.25) is 0 Å². The molecule has 1 aromatic heterocycles. The molecule has 1 saturated heterocycles. The van der Waals surface area contributed by atoms with Gasteiger partial charge in [-0.1, -0.05) is 6.07 Å². The van der Waals surface area contributed by atoms with Gasteiger partial charge in [0.1, 0.15) is 5.75 Å². The van der Waals surface area contributed by atoms with Gasteiger partial charge in [-0.25, -0.2) is 0 Å². The first-order valence-corrected chi connectivity index (χ1v) is 10.7. The number of piperidine rings is 1. The molecule has 0 atom stereocenters. The van der Waals surface area contributed by atoms with Crippen LogP contribution in [0.3, 0.4) is 0 Å². The average molecular weight is 395 g/mol. The molecule has 0 spiro atoms. The van der Waals surface area contributed by atoms with Gasteiger partial charge in [-0.05, 0) is 80.8 Å². The number of hydrogen-bond acceptors (Lipinski definition) is 5. The van der Waals surface area contributed by atoms with E-state index in [1.54, 1.807) is 0 Å². The van der Waals surface area contributed by atoms with Gasteiger partial charge in [-0.2, -0.15) is 5.10 Å². The zero-order chi connectivity index (χ0) is 20.2. The molecular weight excluding hydrogens is 364 g/mol. The van der Waals surface area contributed by atoms with Crippen molar-refractivity contribution in [3.8, 4) is 5.75 Å². The van der Waals surface area contributed by atoms with Crippen LogP contribution in [0, 0.1) is 6.92 Å². The normalized spacial score (nSPS) is 17.0. The molecule has 1 amide bonds. The van der Waals surface area contributed by atoms with Crippen molar-refractivity contribution in [3.63, 3.8) is 0 Å². The van der Waals surface area contributed by atoms with Crippen LogP contribution in [0.25, 0.3) is 0 Å². The van der Waals surface area contributed by atoms with Crippen LogP contribution < -0.4 is 9.64 Å². The van der Waals surface area contributed by atoms with Crippen molar-refractivity contribution < 1.29 is 9.53 Å². The number of carbonyl (C=O) groups is 1. The highest BCUT2D eigenvalue weighted by Gasteiger charge is 2.26. The Morgan fingerprint density at radius 1 is 1.10 bits per heavy atom. The summed E-state index contributed by atoms with van der Waals surface area (Å²) in [7, 11) is 2.06. The maximum Gasteiger partial charge on any atom is 0.260 e. The molecule has 6 nitrogen and oxygen atoms in total. The van der Waals surface area contributed by atoms with Crippen molar-refractivity contribution in [1.82, 2.24) is 15.1 Å². The van der Waals surface area contributed by atoms with Crippen molar-refractivity contribution in [1.29, 1.82) is 0 Å². The SMILES string of the molecule is Cc1ccc(N(C)C2CCN(C(=O)COc3ccc4c(c3)CCCC4)CC2)nn1. The first-order chi connectivity index (χ1) is 14.1. The topological polar surface area (TPSA) is 58.6 Å². The highest BCUT2D eigenvalue weighted by Crippen LogP contribution is 2.25. The van der Waals surface area contributed by atoms with Gasteiger partial charge in [0.25, 0.3) is 5.91 Å². The maximum atomic E-state index is 12.6. The Hall–Kier alpha value is -2.63. The van der Waals surface area contributed by atoms with Crippen LogP contribution in [-0.4, -0.2) is 53.8 Å². The molecule has 154 valence electrons. The third-order valence-corrected chi connectivity index (χ3v) is 6.19. The van der Waals surface area contributed by atoms with Gasteiger partial charge >= 0.3 is 0 Å². The first-order valence-electron chi connectivity index (χ1n) is 10.7. The Bertz CT molecular complexity index is 844. The van der Waals surface area contributed by atoms with Gasteiger partial charge in [0.15, 0.2) is 12.4 Å². The summed E-state index contributed by atoms with van der Waals surface area (Å²) in [5.74, 6) is 1.77. The van der Waals surface area contributed by atoms with Crippen molar-refractivity contribution in [2.75, 3.05) is 31.6 Å². The van der Waals surface area contributed by atoms with Gasteiger partial charge < -0.3 is 14.5 Å². The second kappa shape index (κ2) is 8.80. The molecule has 6 heteroatoms. The quantitative estimate of drug-likeness (QED) is 0.780. The molecule has 29 heavy (non-hydrogen) atoms. The average Bonchev–Trinajstić information content (AvgIpc) is 2.77. The number of ether oxygens (including phenoxy) is 1. The van der Waals surface area contributed by atoms with Crippen LogP contribution in [0.5, 0.6) is 5.75 Å². The summed E-state index contributed by atoms with van der Waals surface area (Å²) in [5.41, 5.74) is 3.73. The molecular formula is C23H30N4O2. The lowest BCUT2D eigenvalue weighted by atomic mass is 9.92. The van der Waals surface area contributed by atoms with Gasteiger partial charge in [-0.3, -0.25) is 4.79 Å². The number of nitrogens with zero attached hydrogens (tertiary/aromatic N) is 4. The van der Waals surface area contributed by atoms with Crippen LogP contribution in [-0.2, 0) is 17.6 Å². The van der Waals surface area contributed by atoms with Crippen LogP contribution in [0.1, 0.15) is 42.5 Å². The highest BCUT2D eigenvalue weighted by molar-refractivity contribution is 5.78. The minimum absolute atomic E-state index is 0.0685. The van der Waals surface area contributed by atoms with Gasteiger partial charge in [0.05, 0.1) is 5.69 Å². The molecule has 1 aliphatic carbocycles. The summed E-state index contributed by atoms with van der Waals surface area (Å²) in [6.07, 6.45) is 6.65. The van der Waals surface area contributed by atoms with Crippen molar-refractivity contribution >= 4 is 11.7 Å². The second-order valence-electron chi connectivity index (χ2n) is 8.18. The lowest BCUT2D eigenvalue weighted by Crippen LogP contribution is -2.47. The lowest BCUT2D eigenvalue weighted by Gasteiger charge is -2.37. The molecule has 0 saturated carbocycles. The summed E-state index contributed by atoms with van der Waals surface area (Å²) >= 11 is 0. The lowest BCUT2D eigenvalue weighted by molar-refractivity contribution is -0.134. The minimum Gasteiger partial charge on any atom is -0.484 e. The number of aryl methyl sites for hydroxylation is 3. The van der Waals surface area contributed by atoms with E-state index in [1.165, 1.54) is 24.0 Å². The van der Waals surface area contributed by atoms with E-state index < -0.39 is 0 Å². The number of likely N-dealkylation sites (tertiary alicyclic amines) is 1. The van der Waals surface area contributed by atoms with E-state index in [2.05, 4.69) is 34.3 Å². The second-order valence-corrected chi connectivity index (χ2v) is 8.18. The fraction of sp³-hybridized carbons (Fsp3) is 0.522. The molecule has 2 heterocycles. The largest absolute Gasteiger partial charge is 0.484 e. The Labute approximate surface area is 172 Å². The number of aromatic nitrogens is 2. The number of hydrogen-bond donors (Lipinski definition) is 0. The molecule has 2 aliphatic rings. The number of anilines is 1. The fourth-order valence-electron chi connectivity index (χ4n) is 4.31. The smallest absolute Gasteiger partial charge is 0.260 e. The number of amides is 1. The van der Waals surface area contributed by atoms with Crippen LogP contribution >= 0.6 is 0 Å². The molecule has 2 aromatic rings. The van der Waals surface area contributed by atoms with Gasteiger partial charge in [-0.15, -0.1) is 5.10 Å². The van der Waals surface area contributed by atoms with Crippen LogP contribution in [0.2, 0.25) is 0 Å². The molecule has 4 rings (SSSR count). The summed E-state index contributed by atoms with van der Waals surface area (Å²) < 4.78 is 5.82. The zero-order valence-corrected chi connectivity index (χ0v) is 17.4. The number of benzene rings is 1. The summed E-state index contributed by atoms with van der Waals surface area (Å²) in [6.45, 7) is 3.55. The standard InChI is InChI=1S/C23H30N4O2/c1-17-7-10-22(25-24-17)26(2)20-11-13-27(14-12-20)23(28)16-29-21-9-8-18-5-3-4-6-19(18)15-21/h7-10,15,20H,3-6,11-14,16H2,1-2H3. The monoisotopic (exact) mass is 394 g/mol. The van der Waals surface area contributed by atoms with E-state index in [0.717, 1.165) is 56.0 Å². The predicted molar refractivity (Wildman–Crippen MR) is 113 cm³/mol. The highest BCUT2D eigenvalue weighted by atomic mass is 16.5. The molecule has 1 fully saturated rings. The van der Waals surface area contributed by atoms with Crippen LogP contribution in [0.4, 0.5) is 5.82 Å². The van der Waals surface area contributed by atoms with E-state index in [9.17, 15) is 4.79 Å². The summed E-state index contributed by atoms with van der Waals surface area (Å²) in [4.78, 5) is 16.7. The predicted octanol–water partition coefficient (Wildman–Crippen LogP) is 3.17. The zero-order valence-electron chi connectivity index (χ0n) is 17.4. The first kappa shape index (κ1) is 19.7. The summed E-state index contributed by atoms with van der Waals surface area (Å²) in [6, 6.07) is 10.6. The van der Waals surface area contributed by atoms with Crippen molar-refractivity contribution in [2.24, 2.45) is 0 Å². The Morgan fingerprint density at radius 3 is 2.59 bits per heavy atom. The van der Waals surface area contributed by atoms with E-state index in [0.29, 0.717) is 6.04 Å². The molecule has 1 aliphatic heterocycles. The van der Waals surface area contributed by atoms with E-state index in [4.69, 9.17) is 4.74 Å². The fourth-order valence-corrected chi connectivity index (χ4v) is 4.31. The number of carbonyl (C=O) groups excluding carboxylic acids is 1. The molecule has 0 unspecified atom stereocenters. The Morgan fingerprint density at radius 2 is 1.86 bits per heavy atom. The van der Waals surface area contributed by atoms with E-state index >= 15 is 0 Å². The Kier molecular flexibility index (Phi) is 5.97. The number of rotatable bonds is 5. The van der Waals surface area contributed by atoms with E-state index in [-0.39, 0.29) is 12.5 Å². The molecule has 1 aromatic carbocycles. The maximum absolute atomic E-state index is 12.6. The van der Waals surface area contributed by atoms with Crippen molar-refractivity contribution in [3.05, 3.63) is 47.2 Å². The molecule has 0 N–H and O–H groups in total. The third kappa shape index (κ3) is 4.69. The van der Waals surface area contributed by atoms with Gasteiger partial charge in [0, 0.05) is 26.2 Å². The number of fused-ring (bicyclic) bond motifs is 1. The minimum atomic E-state index is 0.0685. The molecule has 0 radical (unpaired) electrons. The van der Waals surface area contributed by atoms with Crippen molar-refractivity contribution in [2.45, 2.75) is 51.5 Å². The molecule has 0 bridgehead atoms. The third-order valence-electron chi connectivity index (χ3n) is 6.19. The summed E-state index contributed by atoms with van der Waals surface area (Å²) in [5, 5.41) is 8.42.